The zero-order valence-corrected chi connectivity index (χ0v) is 14.8. The van der Waals surface area contributed by atoms with E-state index in [2.05, 4.69) is 44.3 Å². The number of rotatable bonds is 5. The molecular formula is C18H19N7O. The Hall–Kier alpha value is -3.29. The first kappa shape index (κ1) is 16.2. The molecule has 0 saturated heterocycles. The summed E-state index contributed by atoms with van der Waals surface area (Å²) in [6, 6.07) is 11.8. The molecule has 8 heteroatoms. The fraction of sp³-hybridized carbons (Fsp3) is 0.278. The monoisotopic (exact) mass is 349 g/mol. The van der Waals surface area contributed by atoms with Gasteiger partial charge in [-0.2, -0.15) is 9.61 Å². The maximum atomic E-state index is 6.10. The maximum Gasteiger partial charge on any atom is 0.236 e. The molecule has 0 radical (unpaired) electrons. The largest absolute Gasteiger partial charge is 0.465 e. The van der Waals surface area contributed by atoms with E-state index in [0.717, 1.165) is 11.1 Å². The minimum Gasteiger partial charge on any atom is -0.465 e. The molecule has 3 heterocycles. The molecule has 0 spiro atoms. The third-order valence-electron chi connectivity index (χ3n) is 4.15. The second-order valence-corrected chi connectivity index (χ2v) is 6.35. The lowest BCUT2D eigenvalue weighted by atomic mass is 10.1. The SMILES string of the molecule is CC(C)c1cc2nnc(-c3ccccc3)n2nc1OC(C)c1ncn[nH]1. The van der Waals surface area contributed by atoms with Crippen LogP contribution < -0.4 is 4.74 Å². The van der Waals surface area contributed by atoms with Crippen molar-refractivity contribution in [1.29, 1.82) is 0 Å². The Morgan fingerprint density at radius 2 is 1.88 bits per heavy atom. The summed E-state index contributed by atoms with van der Waals surface area (Å²) in [6.07, 6.45) is 1.15. The van der Waals surface area contributed by atoms with Crippen LogP contribution in [0.15, 0.2) is 42.7 Å². The van der Waals surface area contributed by atoms with Crippen molar-refractivity contribution in [3.05, 3.63) is 54.1 Å². The summed E-state index contributed by atoms with van der Waals surface area (Å²) in [7, 11) is 0. The number of fused-ring (bicyclic) bond motifs is 1. The molecule has 1 aromatic carbocycles. The maximum absolute atomic E-state index is 6.10. The van der Waals surface area contributed by atoms with Gasteiger partial charge in [-0.3, -0.25) is 5.10 Å². The Morgan fingerprint density at radius 3 is 2.58 bits per heavy atom. The van der Waals surface area contributed by atoms with E-state index < -0.39 is 0 Å². The summed E-state index contributed by atoms with van der Waals surface area (Å²) in [6.45, 7) is 6.09. The highest BCUT2D eigenvalue weighted by Crippen LogP contribution is 2.29. The highest BCUT2D eigenvalue weighted by Gasteiger charge is 2.19. The Balaban J connectivity index is 1.80. The standard InChI is InChI=1S/C18H19N7O/c1-11(2)14-9-15-21-23-17(13-7-5-4-6-8-13)25(15)24-18(14)26-12(3)16-19-10-20-22-16/h4-12H,1-3H3,(H,19,20,22). The van der Waals surface area contributed by atoms with Crippen LogP contribution in [-0.4, -0.2) is 35.0 Å². The summed E-state index contributed by atoms with van der Waals surface area (Å²) < 4.78 is 7.81. The fourth-order valence-corrected chi connectivity index (χ4v) is 2.74. The van der Waals surface area contributed by atoms with Crippen molar-refractivity contribution >= 4 is 5.65 Å². The summed E-state index contributed by atoms with van der Waals surface area (Å²) in [5.74, 6) is 2.08. The van der Waals surface area contributed by atoms with Gasteiger partial charge >= 0.3 is 0 Å². The smallest absolute Gasteiger partial charge is 0.236 e. The van der Waals surface area contributed by atoms with Crippen LogP contribution in [0.25, 0.3) is 17.0 Å². The Bertz CT molecular complexity index is 1010. The average molecular weight is 349 g/mol. The Morgan fingerprint density at radius 1 is 1.08 bits per heavy atom. The first-order valence-corrected chi connectivity index (χ1v) is 8.47. The number of nitrogens with zero attached hydrogens (tertiary/aromatic N) is 6. The van der Waals surface area contributed by atoms with Gasteiger partial charge in [0.15, 0.2) is 23.4 Å². The van der Waals surface area contributed by atoms with E-state index in [-0.39, 0.29) is 12.0 Å². The van der Waals surface area contributed by atoms with Crippen molar-refractivity contribution < 1.29 is 4.74 Å². The van der Waals surface area contributed by atoms with E-state index in [9.17, 15) is 0 Å². The molecule has 3 aromatic heterocycles. The molecule has 4 rings (SSSR count). The van der Waals surface area contributed by atoms with Crippen molar-refractivity contribution in [1.82, 2.24) is 35.0 Å². The van der Waals surface area contributed by atoms with E-state index in [1.165, 1.54) is 6.33 Å². The molecule has 0 fully saturated rings. The minimum absolute atomic E-state index is 0.223. The molecule has 0 amide bonds. The van der Waals surface area contributed by atoms with E-state index in [4.69, 9.17) is 4.74 Å². The second kappa shape index (κ2) is 6.55. The zero-order valence-electron chi connectivity index (χ0n) is 14.8. The van der Waals surface area contributed by atoms with Crippen LogP contribution in [-0.2, 0) is 0 Å². The quantitative estimate of drug-likeness (QED) is 0.595. The predicted octanol–water partition coefficient (Wildman–Crippen LogP) is 3.17. The van der Waals surface area contributed by atoms with Gasteiger partial charge in [-0.15, -0.1) is 15.3 Å². The lowest BCUT2D eigenvalue weighted by Gasteiger charge is -2.16. The van der Waals surface area contributed by atoms with Gasteiger partial charge in [0.2, 0.25) is 5.88 Å². The van der Waals surface area contributed by atoms with Gasteiger partial charge in [-0.25, -0.2) is 4.98 Å². The molecule has 8 nitrogen and oxygen atoms in total. The molecule has 0 aliphatic rings. The molecule has 132 valence electrons. The van der Waals surface area contributed by atoms with Crippen LogP contribution in [0.4, 0.5) is 0 Å². The summed E-state index contributed by atoms with van der Waals surface area (Å²) >= 11 is 0. The van der Waals surface area contributed by atoms with E-state index in [0.29, 0.717) is 23.2 Å². The number of hydrogen-bond acceptors (Lipinski definition) is 6. The van der Waals surface area contributed by atoms with Crippen molar-refractivity contribution in [2.75, 3.05) is 0 Å². The van der Waals surface area contributed by atoms with Crippen molar-refractivity contribution in [2.45, 2.75) is 32.8 Å². The Labute approximate surface area is 150 Å². The lowest BCUT2D eigenvalue weighted by Crippen LogP contribution is -2.11. The molecule has 1 atom stereocenters. The number of nitrogens with one attached hydrogen (secondary N) is 1. The topological polar surface area (TPSA) is 93.9 Å². The van der Waals surface area contributed by atoms with Gasteiger partial charge in [0.05, 0.1) is 0 Å². The van der Waals surface area contributed by atoms with Crippen LogP contribution in [0.5, 0.6) is 5.88 Å². The van der Waals surface area contributed by atoms with Gasteiger partial charge in [0.1, 0.15) is 6.33 Å². The minimum atomic E-state index is -0.309. The van der Waals surface area contributed by atoms with Crippen LogP contribution in [0.2, 0.25) is 0 Å². The third kappa shape index (κ3) is 2.90. The van der Waals surface area contributed by atoms with Gasteiger partial charge < -0.3 is 4.74 Å². The molecule has 0 saturated carbocycles. The van der Waals surface area contributed by atoms with Crippen molar-refractivity contribution in [3.8, 4) is 17.3 Å². The fourth-order valence-electron chi connectivity index (χ4n) is 2.74. The highest BCUT2D eigenvalue weighted by molar-refractivity contribution is 5.59. The van der Waals surface area contributed by atoms with Gasteiger partial charge in [0.25, 0.3) is 0 Å². The molecule has 0 aliphatic heterocycles. The number of benzene rings is 1. The zero-order chi connectivity index (χ0) is 18.1. The first-order valence-electron chi connectivity index (χ1n) is 8.47. The molecule has 26 heavy (non-hydrogen) atoms. The number of hydrogen-bond donors (Lipinski definition) is 1. The second-order valence-electron chi connectivity index (χ2n) is 6.35. The number of H-pyrrole nitrogens is 1. The molecule has 0 aliphatic carbocycles. The molecule has 1 unspecified atom stereocenters. The summed E-state index contributed by atoms with van der Waals surface area (Å²) in [4.78, 5) is 4.15. The van der Waals surface area contributed by atoms with E-state index >= 15 is 0 Å². The van der Waals surface area contributed by atoms with Crippen LogP contribution >= 0.6 is 0 Å². The van der Waals surface area contributed by atoms with Crippen molar-refractivity contribution in [3.63, 3.8) is 0 Å². The summed E-state index contributed by atoms with van der Waals surface area (Å²) in [5.41, 5.74) is 2.60. The molecule has 0 bridgehead atoms. The van der Waals surface area contributed by atoms with Crippen LogP contribution in [0.1, 0.15) is 44.2 Å². The van der Waals surface area contributed by atoms with Crippen LogP contribution in [0.3, 0.4) is 0 Å². The normalized spacial score (nSPS) is 12.6. The predicted molar refractivity (Wildman–Crippen MR) is 95.7 cm³/mol. The lowest BCUT2D eigenvalue weighted by molar-refractivity contribution is 0.202. The van der Waals surface area contributed by atoms with Crippen LogP contribution in [0, 0.1) is 0 Å². The van der Waals surface area contributed by atoms with Gasteiger partial charge in [-0.1, -0.05) is 44.2 Å². The number of aromatic amines is 1. The van der Waals surface area contributed by atoms with E-state index in [1.807, 2.05) is 43.3 Å². The Kier molecular flexibility index (Phi) is 4.08. The summed E-state index contributed by atoms with van der Waals surface area (Å²) in [5, 5.41) is 20.0. The number of aromatic nitrogens is 7. The molecule has 4 aromatic rings. The van der Waals surface area contributed by atoms with Gasteiger partial charge in [0, 0.05) is 11.1 Å². The first-order chi connectivity index (χ1) is 12.6. The third-order valence-corrected chi connectivity index (χ3v) is 4.15. The molecular weight excluding hydrogens is 330 g/mol. The number of ether oxygens (including phenoxy) is 1. The van der Waals surface area contributed by atoms with Crippen molar-refractivity contribution in [2.24, 2.45) is 0 Å². The highest BCUT2D eigenvalue weighted by atomic mass is 16.5. The molecule has 1 N–H and O–H groups in total. The van der Waals surface area contributed by atoms with Gasteiger partial charge in [-0.05, 0) is 18.9 Å². The van der Waals surface area contributed by atoms with E-state index in [1.54, 1.807) is 4.52 Å². The average Bonchev–Trinajstić information content (AvgIpc) is 3.31.